The molecule has 1 N–H and O–H groups in total. The van der Waals surface area contributed by atoms with Gasteiger partial charge in [-0.1, -0.05) is 0 Å². The molecule has 1 atom stereocenters. The quantitative estimate of drug-likeness (QED) is 0.813. The molecule has 3 rings (SSSR count). The molecule has 0 aromatic carbocycles. The summed E-state index contributed by atoms with van der Waals surface area (Å²) in [6.07, 6.45) is 5.30. The van der Waals surface area contributed by atoms with Crippen molar-refractivity contribution < 1.29 is 4.79 Å². The molecule has 1 aliphatic carbocycles. The number of nitrogens with one attached hydrogen (secondary N) is 1. The largest absolute Gasteiger partial charge is 0.335 e. The fourth-order valence-corrected chi connectivity index (χ4v) is 2.33. The number of aryl methyl sites for hydroxylation is 1. The molecule has 1 saturated heterocycles. The minimum absolute atomic E-state index is 0.0474. The van der Waals surface area contributed by atoms with Crippen molar-refractivity contribution in [2.75, 3.05) is 6.54 Å². The van der Waals surface area contributed by atoms with Gasteiger partial charge in [-0.2, -0.15) is 5.10 Å². The van der Waals surface area contributed by atoms with Crippen LogP contribution in [0.4, 0.5) is 0 Å². The van der Waals surface area contributed by atoms with E-state index < -0.39 is 0 Å². The molecule has 5 nitrogen and oxygen atoms in total. The summed E-state index contributed by atoms with van der Waals surface area (Å²) in [5.41, 5.74) is 0.966. The smallest absolute Gasteiger partial charge is 0.240 e. The van der Waals surface area contributed by atoms with Crippen LogP contribution in [-0.4, -0.2) is 39.2 Å². The average Bonchev–Trinajstić information content (AvgIpc) is 2.94. The first-order chi connectivity index (χ1) is 8.22. The van der Waals surface area contributed by atoms with E-state index in [2.05, 4.69) is 10.4 Å². The summed E-state index contributed by atoms with van der Waals surface area (Å²) < 4.78 is 1.77. The zero-order chi connectivity index (χ0) is 11.8. The highest BCUT2D eigenvalue weighted by Gasteiger charge is 2.35. The Kier molecular flexibility index (Phi) is 2.63. The molecule has 2 aliphatic rings. The van der Waals surface area contributed by atoms with Gasteiger partial charge in [0.15, 0.2) is 0 Å². The number of rotatable bonds is 4. The van der Waals surface area contributed by atoms with Crippen molar-refractivity contribution in [3.05, 3.63) is 18.0 Å². The third-order valence-electron chi connectivity index (χ3n) is 3.43. The first-order valence-corrected chi connectivity index (χ1v) is 6.26. The topological polar surface area (TPSA) is 50.2 Å². The Hall–Kier alpha value is -1.36. The van der Waals surface area contributed by atoms with Crippen LogP contribution in [0.15, 0.2) is 12.3 Å². The van der Waals surface area contributed by atoms with Crippen molar-refractivity contribution in [2.24, 2.45) is 7.05 Å². The van der Waals surface area contributed by atoms with Crippen LogP contribution in [0, 0.1) is 0 Å². The lowest BCUT2D eigenvalue weighted by atomic mass is 10.2. The zero-order valence-electron chi connectivity index (χ0n) is 10.1. The molecule has 2 fully saturated rings. The molecule has 17 heavy (non-hydrogen) atoms. The lowest BCUT2D eigenvalue weighted by Gasteiger charge is -2.15. The third kappa shape index (κ3) is 2.34. The Bertz CT molecular complexity index is 424. The molecule has 92 valence electrons. The molecule has 5 heteroatoms. The fourth-order valence-electron chi connectivity index (χ4n) is 2.33. The Morgan fingerprint density at radius 3 is 2.94 bits per heavy atom. The summed E-state index contributed by atoms with van der Waals surface area (Å²) in [7, 11) is 1.90. The first-order valence-electron chi connectivity index (χ1n) is 6.26. The Labute approximate surface area is 101 Å². The maximum Gasteiger partial charge on any atom is 0.240 e. The second-order valence-corrected chi connectivity index (χ2v) is 5.02. The maximum atomic E-state index is 12.1. The molecule has 0 bridgehead atoms. The van der Waals surface area contributed by atoms with Gasteiger partial charge in [-0.15, -0.1) is 0 Å². The zero-order valence-corrected chi connectivity index (χ0v) is 10.1. The number of amides is 1. The minimum atomic E-state index is 0.0474. The highest BCUT2D eigenvalue weighted by Crippen LogP contribution is 2.23. The van der Waals surface area contributed by atoms with Crippen molar-refractivity contribution >= 4 is 5.91 Å². The van der Waals surface area contributed by atoms with Gasteiger partial charge in [-0.25, -0.2) is 0 Å². The van der Waals surface area contributed by atoms with Crippen LogP contribution < -0.4 is 5.32 Å². The van der Waals surface area contributed by atoms with E-state index in [4.69, 9.17) is 0 Å². The van der Waals surface area contributed by atoms with E-state index in [1.807, 2.05) is 24.2 Å². The Balaban J connectivity index is 1.59. The summed E-state index contributed by atoms with van der Waals surface area (Å²) >= 11 is 0. The van der Waals surface area contributed by atoms with E-state index in [0.29, 0.717) is 12.6 Å². The minimum Gasteiger partial charge on any atom is -0.335 e. The average molecular weight is 234 g/mol. The van der Waals surface area contributed by atoms with Gasteiger partial charge < -0.3 is 10.2 Å². The SMILES string of the molecule is Cn1ccc(CN2CCC(NC3CC3)C2=O)n1. The van der Waals surface area contributed by atoms with Gasteiger partial charge in [0.05, 0.1) is 18.3 Å². The molecule has 0 radical (unpaired) electrons. The standard InChI is InChI=1S/C12H18N4O/c1-15-6-4-10(14-15)8-16-7-5-11(12(16)17)13-9-2-3-9/h4,6,9,11,13H,2-3,5,7-8H2,1H3. The summed E-state index contributed by atoms with van der Waals surface area (Å²) in [6, 6.07) is 2.61. The number of likely N-dealkylation sites (tertiary alicyclic amines) is 1. The molecule has 2 heterocycles. The Morgan fingerprint density at radius 1 is 1.47 bits per heavy atom. The lowest BCUT2D eigenvalue weighted by Crippen LogP contribution is -2.39. The number of hydrogen-bond acceptors (Lipinski definition) is 3. The summed E-state index contributed by atoms with van der Waals surface area (Å²) in [4.78, 5) is 14.0. The fraction of sp³-hybridized carbons (Fsp3) is 0.667. The van der Waals surface area contributed by atoms with Crippen LogP contribution in [0.2, 0.25) is 0 Å². The highest BCUT2D eigenvalue weighted by molar-refractivity contribution is 5.84. The number of nitrogens with zero attached hydrogens (tertiary/aromatic N) is 3. The molecule has 1 saturated carbocycles. The number of aromatic nitrogens is 2. The second-order valence-electron chi connectivity index (χ2n) is 5.02. The first kappa shape index (κ1) is 10.8. The molecule has 0 spiro atoms. The maximum absolute atomic E-state index is 12.1. The van der Waals surface area contributed by atoms with E-state index in [1.165, 1.54) is 12.8 Å². The highest BCUT2D eigenvalue weighted by atomic mass is 16.2. The molecule has 1 aromatic rings. The molecule has 1 amide bonds. The molecule has 1 aromatic heterocycles. The van der Waals surface area contributed by atoms with E-state index >= 15 is 0 Å². The van der Waals surface area contributed by atoms with Crippen LogP contribution in [-0.2, 0) is 18.4 Å². The van der Waals surface area contributed by atoms with Crippen LogP contribution in [0.25, 0.3) is 0 Å². The van der Waals surface area contributed by atoms with Crippen LogP contribution in [0.5, 0.6) is 0 Å². The predicted molar refractivity (Wildman–Crippen MR) is 63.2 cm³/mol. The van der Waals surface area contributed by atoms with E-state index in [-0.39, 0.29) is 11.9 Å². The Morgan fingerprint density at radius 2 is 2.29 bits per heavy atom. The lowest BCUT2D eigenvalue weighted by molar-refractivity contribution is -0.130. The number of hydrogen-bond donors (Lipinski definition) is 1. The predicted octanol–water partition coefficient (Wildman–Crippen LogP) is 0.273. The van der Waals surface area contributed by atoms with Gasteiger partial charge in [-0.05, 0) is 25.3 Å². The van der Waals surface area contributed by atoms with Gasteiger partial charge in [-0.3, -0.25) is 9.48 Å². The molecule has 1 aliphatic heterocycles. The van der Waals surface area contributed by atoms with Crippen molar-refractivity contribution in [1.29, 1.82) is 0 Å². The van der Waals surface area contributed by atoms with Crippen molar-refractivity contribution in [3.8, 4) is 0 Å². The van der Waals surface area contributed by atoms with Crippen molar-refractivity contribution in [3.63, 3.8) is 0 Å². The summed E-state index contributed by atoms with van der Waals surface area (Å²) in [5, 5.41) is 7.72. The number of carbonyl (C=O) groups excluding carboxylic acids is 1. The van der Waals surface area contributed by atoms with Gasteiger partial charge in [0.25, 0.3) is 0 Å². The molecule has 1 unspecified atom stereocenters. The van der Waals surface area contributed by atoms with Gasteiger partial charge in [0.1, 0.15) is 0 Å². The van der Waals surface area contributed by atoms with Crippen LogP contribution in [0.1, 0.15) is 25.0 Å². The van der Waals surface area contributed by atoms with Crippen LogP contribution in [0.3, 0.4) is 0 Å². The number of carbonyl (C=O) groups is 1. The van der Waals surface area contributed by atoms with Gasteiger partial charge in [0, 0.05) is 25.8 Å². The summed E-state index contributed by atoms with van der Waals surface area (Å²) in [5.74, 6) is 0.238. The van der Waals surface area contributed by atoms with Gasteiger partial charge in [0.2, 0.25) is 5.91 Å². The second kappa shape index (κ2) is 4.14. The van der Waals surface area contributed by atoms with Crippen molar-refractivity contribution in [1.82, 2.24) is 20.0 Å². The monoisotopic (exact) mass is 234 g/mol. The summed E-state index contributed by atoms with van der Waals surface area (Å²) in [6.45, 7) is 1.49. The van der Waals surface area contributed by atoms with Crippen LogP contribution >= 0.6 is 0 Å². The van der Waals surface area contributed by atoms with Gasteiger partial charge >= 0.3 is 0 Å². The molecular weight excluding hydrogens is 216 g/mol. The van der Waals surface area contributed by atoms with Crippen molar-refractivity contribution in [2.45, 2.75) is 37.9 Å². The third-order valence-corrected chi connectivity index (χ3v) is 3.43. The normalized spacial score (nSPS) is 24.6. The molecular formula is C12H18N4O. The van der Waals surface area contributed by atoms with E-state index in [0.717, 1.165) is 18.7 Å². The van der Waals surface area contributed by atoms with E-state index in [9.17, 15) is 4.79 Å². The van der Waals surface area contributed by atoms with E-state index in [1.54, 1.807) is 4.68 Å².